The molecule has 0 aliphatic rings. The molecule has 128 valence electrons. The minimum Gasteiger partial charge on any atom is -0.371 e. The van der Waals surface area contributed by atoms with E-state index in [2.05, 4.69) is 5.32 Å². The van der Waals surface area contributed by atoms with Gasteiger partial charge in [0.25, 0.3) is 0 Å². The van der Waals surface area contributed by atoms with Crippen LogP contribution >= 0.6 is 0 Å². The molecule has 1 amide bonds. The summed E-state index contributed by atoms with van der Waals surface area (Å²) < 4.78 is 43.2. The third-order valence-electron chi connectivity index (χ3n) is 3.26. The van der Waals surface area contributed by atoms with Crippen molar-refractivity contribution in [2.45, 2.75) is 25.6 Å². The molecule has 1 aromatic carbocycles. The van der Waals surface area contributed by atoms with Crippen molar-refractivity contribution in [2.75, 3.05) is 20.2 Å². The van der Waals surface area contributed by atoms with Crippen LogP contribution in [0.3, 0.4) is 0 Å². The molecular weight excluding hydrogens is 309 g/mol. The Morgan fingerprint density at radius 1 is 1.43 bits per heavy atom. The van der Waals surface area contributed by atoms with Crippen molar-refractivity contribution in [3.8, 4) is 0 Å². The number of rotatable bonds is 7. The second-order valence-electron chi connectivity index (χ2n) is 5.13. The highest BCUT2D eigenvalue weighted by molar-refractivity contribution is 5.81. The molecule has 0 aliphatic heterocycles. The van der Waals surface area contributed by atoms with Gasteiger partial charge in [0.2, 0.25) is 5.91 Å². The van der Waals surface area contributed by atoms with Crippen LogP contribution in [0, 0.1) is 0 Å². The zero-order valence-electron chi connectivity index (χ0n) is 13.1. The van der Waals surface area contributed by atoms with E-state index in [0.29, 0.717) is 18.7 Å². The van der Waals surface area contributed by atoms with Crippen LogP contribution in [-0.2, 0) is 22.1 Å². The SMILES string of the molecule is COC(Cc1cccc(C(F)(F)F)c1)C(=O)NCC(C)=CCN. The summed E-state index contributed by atoms with van der Waals surface area (Å²) in [4.78, 5) is 12.1. The fourth-order valence-electron chi connectivity index (χ4n) is 1.99. The zero-order chi connectivity index (χ0) is 17.5. The van der Waals surface area contributed by atoms with E-state index in [1.807, 2.05) is 6.92 Å². The van der Waals surface area contributed by atoms with Crippen LogP contribution in [0.2, 0.25) is 0 Å². The number of halogens is 3. The van der Waals surface area contributed by atoms with Crippen molar-refractivity contribution >= 4 is 5.91 Å². The molecule has 0 radical (unpaired) electrons. The molecule has 0 aliphatic carbocycles. The second kappa shape index (κ2) is 8.69. The van der Waals surface area contributed by atoms with Crippen LogP contribution in [0.25, 0.3) is 0 Å². The Hall–Kier alpha value is -1.86. The van der Waals surface area contributed by atoms with Gasteiger partial charge in [-0.05, 0) is 18.6 Å². The van der Waals surface area contributed by atoms with E-state index in [-0.39, 0.29) is 12.3 Å². The first kappa shape index (κ1) is 19.2. The minimum atomic E-state index is -4.41. The first-order valence-corrected chi connectivity index (χ1v) is 7.10. The molecule has 0 heterocycles. The summed E-state index contributed by atoms with van der Waals surface area (Å²) in [5, 5.41) is 2.67. The number of methoxy groups -OCH3 is 1. The van der Waals surface area contributed by atoms with Crippen molar-refractivity contribution in [1.29, 1.82) is 0 Å². The number of benzene rings is 1. The Kier molecular flexibility index (Phi) is 7.25. The molecule has 1 aromatic rings. The fourth-order valence-corrected chi connectivity index (χ4v) is 1.99. The summed E-state index contributed by atoms with van der Waals surface area (Å²) in [7, 11) is 1.35. The normalized spacial score (nSPS) is 13.7. The zero-order valence-corrected chi connectivity index (χ0v) is 13.1. The van der Waals surface area contributed by atoms with Crippen LogP contribution in [0.5, 0.6) is 0 Å². The summed E-state index contributed by atoms with van der Waals surface area (Å²) in [6.07, 6.45) is -3.43. The molecule has 0 spiro atoms. The number of ether oxygens (including phenoxy) is 1. The van der Waals surface area contributed by atoms with E-state index in [0.717, 1.165) is 17.7 Å². The maximum atomic E-state index is 12.7. The van der Waals surface area contributed by atoms with E-state index in [1.165, 1.54) is 19.2 Å². The Labute approximate surface area is 133 Å². The molecule has 23 heavy (non-hydrogen) atoms. The van der Waals surface area contributed by atoms with Crippen LogP contribution in [0.4, 0.5) is 13.2 Å². The molecule has 4 nitrogen and oxygen atoms in total. The fraction of sp³-hybridized carbons (Fsp3) is 0.438. The molecule has 0 fully saturated rings. The number of hydrogen-bond donors (Lipinski definition) is 2. The second-order valence-corrected chi connectivity index (χ2v) is 5.13. The Morgan fingerprint density at radius 2 is 2.13 bits per heavy atom. The highest BCUT2D eigenvalue weighted by atomic mass is 19.4. The van der Waals surface area contributed by atoms with Gasteiger partial charge in [-0.15, -0.1) is 0 Å². The highest BCUT2D eigenvalue weighted by Gasteiger charge is 2.30. The van der Waals surface area contributed by atoms with E-state index >= 15 is 0 Å². The predicted molar refractivity (Wildman–Crippen MR) is 81.8 cm³/mol. The molecule has 1 rings (SSSR count). The smallest absolute Gasteiger partial charge is 0.371 e. The largest absolute Gasteiger partial charge is 0.416 e. The average molecular weight is 330 g/mol. The lowest BCUT2D eigenvalue weighted by Gasteiger charge is -2.16. The first-order valence-electron chi connectivity index (χ1n) is 7.10. The van der Waals surface area contributed by atoms with Crippen molar-refractivity contribution in [2.24, 2.45) is 5.73 Å². The van der Waals surface area contributed by atoms with Gasteiger partial charge in [-0.1, -0.05) is 29.8 Å². The van der Waals surface area contributed by atoms with Crippen molar-refractivity contribution in [3.63, 3.8) is 0 Å². The lowest BCUT2D eigenvalue weighted by atomic mass is 10.0. The summed E-state index contributed by atoms with van der Waals surface area (Å²) in [5.74, 6) is -0.380. The Bertz CT molecular complexity index is 557. The minimum absolute atomic E-state index is 0.0614. The van der Waals surface area contributed by atoms with Gasteiger partial charge in [0.15, 0.2) is 0 Å². The molecule has 0 bridgehead atoms. The quantitative estimate of drug-likeness (QED) is 0.754. The van der Waals surface area contributed by atoms with Gasteiger partial charge in [0, 0.05) is 26.6 Å². The van der Waals surface area contributed by atoms with Crippen molar-refractivity contribution < 1.29 is 22.7 Å². The van der Waals surface area contributed by atoms with Crippen LogP contribution in [0.15, 0.2) is 35.9 Å². The van der Waals surface area contributed by atoms with E-state index in [1.54, 1.807) is 6.08 Å². The number of alkyl halides is 3. The van der Waals surface area contributed by atoms with Crippen LogP contribution in [-0.4, -0.2) is 32.2 Å². The predicted octanol–water partition coefficient (Wildman–Crippen LogP) is 2.28. The molecule has 0 aromatic heterocycles. The van der Waals surface area contributed by atoms with Gasteiger partial charge in [-0.2, -0.15) is 13.2 Å². The van der Waals surface area contributed by atoms with E-state index in [4.69, 9.17) is 10.5 Å². The lowest BCUT2D eigenvalue weighted by Crippen LogP contribution is -2.38. The number of hydrogen-bond acceptors (Lipinski definition) is 3. The maximum Gasteiger partial charge on any atom is 0.416 e. The topological polar surface area (TPSA) is 64.3 Å². The summed E-state index contributed by atoms with van der Waals surface area (Å²) in [5.41, 5.74) is 5.91. The first-order chi connectivity index (χ1) is 10.8. The molecule has 0 saturated heterocycles. The number of carbonyl (C=O) groups is 1. The van der Waals surface area contributed by atoms with Gasteiger partial charge in [-0.3, -0.25) is 4.79 Å². The van der Waals surface area contributed by atoms with Crippen molar-refractivity contribution in [3.05, 3.63) is 47.0 Å². The third kappa shape index (κ3) is 6.42. The lowest BCUT2D eigenvalue weighted by molar-refractivity contribution is -0.137. The summed E-state index contributed by atoms with van der Waals surface area (Å²) in [6, 6.07) is 4.87. The van der Waals surface area contributed by atoms with Gasteiger partial charge in [0.05, 0.1) is 5.56 Å². The third-order valence-corrected chi connectivity index (χ3v) is 3.26. The Morgan fingerprint density at radius 3 is 2.70 bits per heavy atom. The molecule has 1 atom stereocenters. The Balaban J connectivity index is 2.72. The molecule has 3 N–H and O–H groups in total. The number of nitrogens with one attached hydrogen (secondary N) is 1. The van der Waals surface area contributed by atoms with Crippen LogP contribution < -0.4 is 11.1 Å². The molecular formula is C16H21F3N2O2. The molecule has 7 heteroatoms. The number of amides is 1. The molecule has 1 unspecified atom stereocenters. The monoisotopic (exact) mass is 330 g/mol. The maximum absolute atomic E-state index is 12.7. The summed E-state index contributed by atoms with van der Waals surface area (Å²) >= 11 is 0. The van der Waals surface area contributed by atoms with Gasteiger partial charge >= 0.3 is 6.18 Å². The number of carbonyl (C=O) groups excluding carboxylic acids is 1. The standard InChI is InChI=1S/C16H21F3N2O2/c1-11(6-7-20)10-21-15(22)14(23-2)9-12-4-3-5-13(8-12)16(17,18)19/h3-6,8,14H,7,9-10,20H2,1-2H3,(H,21,22). The number of nitrogens with two attached hydrogens (primary N) is 1. The summed E-state index contributed by atoms with van der Waals surface area (Å²) in [6.45, 7) is 2.51. The average Bonchev–Trinajstić information content (AvgIpc) is 2.50. The van der Waals surface area contributed by atoms with Gasteiger partial charge in [0.1, 0.15) is 6.10 Å². The highest BCUT2D eigenvalue weighted by Crippen LogP contribution is 2.29. The van der Waals surface area contributed by atoms with Crippen molar-refractivity contribution in [1.82, 2.24) is 5.32 Å². The van der Waals surface area contributed by atoms with E-state index in [9.17, 15) is 18.0 Å². The van der Waals surface area contributed by atoms with Gasteiger partial charge < -0.3 is 15.8 Å². The van der Waals surface area contributed by atoms with Gasteiger partial charge in [-0.25, -0.2) is 0 Å². The van der Waals surface area contributed by atoms with E-state index < -0.39 is 17.8 Å². The van der Waals surface area contributed by atoms with Crippen LogP contribution in [0.1, 0.15) is 18.1 Å². The molecule has 0 saturated carbocycles.